The number of aliphatic imine (C=N–C) groups is 1. The fourth-order valence-electron chi connectivity index (χ4n) is 1.10. The molecule has 0 aliphatic carbocycles. The maximum absolute atomic E-state index is 10.5. The summed E-state index contributed by atoms with van der Waals surface area (Å²) >= 11 is 0. The molecule has 0 amide bonds. The van der Waals surface area contributed by atoms with Gasteiger partial charge < -0.3 is 9.90 Å². The molecule has 82 valence electrons. The number of rotatable bonds is 7. The van der Waals surface area contributed by atoms with Crippen molar-refractivity contribution in [3.8, 4) is 0 Å². The molecule has 0 spiro atoms. The Morgan fingerprint density at radius 1 is 1.36 bits per heavy atom. The smallest absolute Gasteiger partial charge is 0.0498 e. The highest BCUT2D eigenvalue weighted by Crippen LogP contribution is 2.01. The van der Waals surface area contributed by atoms with Gasteiger partial charge in [0.05, 0.1) is 0 Å². The molecule has 0 aromatic heterocycles. The minimum Gasteiger partial charge on any atom is -0.549 e. The first-order valence-corrected chi connectivity index (χ1v) is 5.31. The summed E-state index contributed by atoms with van der Waals surface area (Å²) in [6.45, 7) is 6.26. The molecule has 1 unspecified atom stereocenters. The summed E-state index contributed by atoms with van der Waals surface area (Å²) in [4.78, 5) is 14.7. The average molecular weight is 198 g/mol. The average Bonchev–Trinajstić information content (AvgIpc) is 2.16. The number of aliphatic carboxylic acids is 1. The molecule has 3 nitrogen and oxygen atoms in total. The Bertz CT molecular complexity index is 199. The summed E-state index contributed by atoms with van der Waals surface area (Å²) in [6.07, 6.45) is 4.65. The van der Waals surface area contributed by atoms with Crippen LogP contribution in [0, 0.1) is 5.92 Å². The first-order valence-electron chi connectivity index (χ1n) is 5.31. The van der Waals surface area contributed by atoms with E-state index in [4.69, 9.17) is 0 Å². The van der Waals surface area contributed by atoms with Gasteiger partial charge in [0.1, 0.15) is 0 Å². The highest BCUT2D eigenvalue weighted by atomic mass is 16.4. The van der Waals surface area contributed by atoms with Crippen LogP contribution in [0.5, 0.6) is 0 Å². The lowest BCUT2D eigenvalue weighted by Crippen LogP contribution is -2.33. The SMILES string of the molecule is CCCCCCN=C(C)C(C)C(=O)[O-]. The van der Waals surface area contributed by atoms with Crippen molar-refractivity contribution in [3.63, 3.8) is 0 Å². The molecule has 0 aromatic carbocycles. The van der Waals surface area contributed by atoms with Gasteiger partial charge in [-0.2, -0.15) is 0 Å². The van der Waals surface area contributed by atoms with Gasteiger partial charge in [0.25, 0.3) is 0 Å². The highest BCUT2D eigenvalue weighted by Gasteiger charge is 2.05. The number of hydrogen-bond acceptors (Lipinski definition) is 3. The predicted octanol–water partition coefficient (Wildman–Crippen LogP) is 1.41. The monoisotopic (exact) mass is 198 g/mol. The summed E-state index contributed by atoms with van der Waals surface area (Å²) in [5.74, 6) is -1.60. The summed E-state index contributed by atoms with van der Waals surface area (Å²) in [5, 5.41) is 10.5. The van der Waals surface area contributed by atoms with E-state index in [9.17, 15) is 9.90 Å². The van der Waals surface area contributed by atoms with Crippen LogP contribution < -0.4 is 5.11 Å². The van der Waals surface area contributed by atoms with E-state index in [0.29, 0.717) is 5.71 Å². The van der Waals surface area contributed by atoms with Gasteiger partial charge in [-0.3, -0.25) is 4.99 Å². The minimum atomic E-state index is -1.04. The Kier molecular flexibility index (Phi) is 7.07. The Balaban J connectivity index is 3.71. The minimum absolute atomic E-state index is 0.554. The van der Waals surface area contributed by atoms with Crippen LogP contribution >= 0.6 is 0 Å². The first-order chi connectivity index (χ1) is 6.59. The summed E-state index contributed by atoms with van der Waals surface area (Å²) in [5.41, 5.74) is 0.668. The molecule has 3 heteroatoms. The quantitative estimate of drug-likeness (QED) is 0.459. The lowest BCUT2D eigenvalue weighted by atomic mass is 10.1. The third kappa shape index (κ3) is 5.73. The van der Waals surface area contributed by atoms with Gasteiger partial charge in [-0.25, -0.2) is 0 Å². The van der Waals surface area contributed by atoms with Crippen molar-refractivity contribution in [1.82, 2.24) is 0 Å². The Labute approximate surface area is 86.2 Å². The molecule has 0 fully saturated rings. The molecule has 0 N–H and O–H groups in total. The van der Waals surface area contributed by atoms with Crippen LogP contribution in [0.25, 0.3) is 0 Å². The number of carboxylic acid groups (broad SMARTS) is 1. The van der Waals surface area contributed by atoms with E-state index in [-0.39, 0.29) is 0 Å². The topological polar surface area (TPSA) is 52.5 Å². The van der Waals surface area contributed by atoms with Gasteiger partial charge in [0.2, 0.25) is 0 Å². The van der Waals surface area contributed by atoms with E-state index < -0.39 is 11.9 Å². The van der Waals surface area contributed by atoms with E-state index in [1.807, 2.05) is 0 Å². The van der Waals surface area contributed by atoms with Crippen molar-refractivity contribution in [1.29, 1.82) is 0 Å². The van der Waals surface area contributed by atoms with E-state index in [0.717, 1.165) is 13.0 Å². The molecule has 0 bridgehead atoms. The fraction of sp³-hybridized carbons (Fsp3) is 0.818. The lowest BCUT2D eigenvalue weighted by molar-refractivity contribution is -0.308. The zero-order valence-corrected chi connectivity index (χ0v) is 9.38. The van der Waals surface area contributed by atoms with E-state index in [1.165, 1.54) is 19.3 Å². The molecular formula is C11H20NO2-. The normalized spacial score (nSPS) is 14.1. The van der Waals surface area contributed by atoms with Crippen molar-refractivity contribution in [2.45, 2.75) is 46.5 Å². The van der Waals surface area contributed by atoms with Crippen LogP contribution in [0.3, 0.4) is 0 Å². The van der Waals surface area contributed by atoms with Crippen LogP contribution in [-0.2, 0) is 4.79 Å². The standard InChI is InChI=1S/C11H21NO2/c1-4-5-6-7-8-12-10(3)9(2)11(13)14/h9H,4-8H2,1-3H3,(H,13,14)/p-1. The number of carboxylic acids is 1. The summed E-state index contributed by atoms with van der Waals surface area (Å²) in [7, 11) is 0. The van der Waals surface area contributed by atoms with Crippen LogP contribution in [-0.4, -0.2) is 18.2 Å². The van der Waals surface area contributed by atoms with Gasteiger partial charge in [0.15, 0.2) is 0 Å². The van der Waals surface area contributed by atoms with Crippen molar-refractivity contribution < 1.29 is 9.90 Å². The second-order valence-corrected chi connectivity index (χ2v) is 3.62. The largest absolute Gasteiger partial charge is 0.549 e. The molecule has 0 saturated carbocycles. The molecule has 14 heavy (non-hydrogen) atoms. The Morgan fingerprint density at radius 3 is 2.50 bits per heavy atom. The van der Waals surface area contributed by atoms with E-state index in [1.54, 1.807) is 13.8 Å². The Hall–Kier alpha value is -0.860. The van der Waals surface area contributed by atoms with Gasteiger partial charge in [-0.15, -0.1) is 0 Å². The van der Waals surface area contributed by atoms with E-state index in [2.05, 4.69) is 11.9 Å². The van der Waals surface area contributed by atoms with Gasteiger partial charge in [-0.05, 0) is 13.3 Å². The second-order valence-electron chi connectivity index (χ2n) is 3.62. The number of carbonyl (C=O) groups is 1. The number of nitrogens with zero attached hydrogens (tertiary/aromatic N) is 1. The first kappa shape index (κ1) is 13.1. The molecule has 0 heterocycles. The van der Waals surface area contributed by atoms with Crippen molar-refractivity contribution in [3.05, 3.63) is 0 Å². The van der Waals surface area contributed by atoms with Crippen LogP contribution in [0.1, 0.15) is 46.5 Å². The van der Waals surface area contributed by atoms with Gasteiger partial charge in [0, 0.05) is 24.1 Å². The number of hydrogen-bond donors (Lipinski definition) is 0. The van der Waals surface area contributed by atoms with Crippen molar-refractivity contribution in [2.24, 2.45) is 10.9 Å². The van der Waals surface area contributed by atoms with Crippen LogP contribution in [0.15, 0.2) is 4.99 Å². The van der Waals surface area contributed by atoms with Gasteiger partial charge >= 0.3 is 0 Å². The summed E-state index contributed by atoms with van der Waals surface area (Å²) < 4.78 is 0. The molecule has 0 aliphatic heterocycles. The molecular weight excluding hydrogens is 178 g/mol. The zero-order valence-electron chi connectivity index (χ0n) is 9.38. The maximum atomic E-state index is 10.5. The second kappa shape index (κ2) is 7.54. The third-order valence-corrected chi connectivity index (χ3v) is 2.35. The van der Waals surface area contributed by atoms with Gasteiger partial charge in [-0.1, -0.05) is 33.1 Å². The van der Waals surface area contributed by atoms with E-state index >= 15 is 0 Å². The highest BCUT2D eigenvalue weighted by molar-refractivity contribution is 5.98. The number of carbonyl (C=O) groups excluding carboxylic acids is 1. The molecule has 0 rings (SSSR count). The zero-order chi connectivity index (χ0) is 11.0. The molecule has 0 aliphatic rings. The maximum Gasteiger partial charge on any atom is 0.0498 e. The van der Waals surface area contributed by atoms with Crippen LogP contribution in [0.4, 0.5) is 0 Å². The fourth-order valence-corrected chi connectivity index (χ4v) is 1.10. The molecule has 0 saturated heterocycles. The van der Waals surface area contributed by atoms with Crippen molar-refractivity contribution in [2.75, 3.05) is 6.54 Å². The number of unbranched alkanes of at least 4 members (excludes halogenated alkanes) is 3. The Morgan fingerprint density at radius 2 is 2.00 bits per heavy atom. The lowest BCUT2D eigenvalue weighted by Gasteiger charge is -2.11. The molecule has 1 atom stereocenters. The summed E-state index contributed by atoms with van der Waals surface area (Å²) in [6, 6.07) is 0. The predicted molar refractivity (Wildman–Crippen MR) is 56.3 cm³/mol. The van der Waals surface area contributed by atoms with Crippen LogP contribution in [0.2, 0.25) is 0 Å². The molecule has 0 radical (unpaired) electrons. The van der Waals surface area contributed by atoms with Crippen molar-refractivity contribution >= 4 is 11.7 Å². The molecule has 0 aromatic rings. The third-order valence-electron chi connectivity index (χ3n) is 2.35.